The van der Waals surface area contributed by atoms with E-state index in [2.05, 4.69) is 5.32 Å². The van der Waals surface area contributed by atoms with Crippen LogP contribution in [-0.2, 0) is 16.1 Å². The minimum Gasteiger partial charge on any atom is -0.465 e. The van der Waals surface area contributed by atoms with Gasteiger partial charge in [0.05, 0.1) is 23.7 Å². The van der Waals surface area contributed by atoms with Crippen molar-refractivity contribution < 1.29 is 14.3 Å². The number of methoxy groups -OCH3 is 1. The van der Waals surface area contributed by atoms with Gasteiger partial charge in [-0.1, -0.05) is 24.3 Å². The molecule has 0 saturated carbocycles. The quantitative estimate of drug-likeness (QED) is 0.416. The molecule has 6 nitrogen and oxygen atoms in total. The Morgan fingerprint density at radius 3 is 2.10 bits per heavy atom. The molecule has 1 aromatic heterocycles. The second kappa shape index (κ2) is 7.83. The predicted octanol–water partition coefficient (Wildman–Crippen LogP) is 3.89. The molecule has 1 amide bonds. The van der Waals surface area contributed by atoms with E-state index in [0.717, 1.165) is 5.56 Å². The molecule has 6 heteroatoms. The number of benzene rings is 3. The largest absolute Gasteiger partial charge is 0.465 e. The molecule has 30 heavy (non-hydrogen) atoms. The monoisotopic (exact) mass is 400 g/mol. The van der Waals surface area contributed by atoms with Gasteiger partial charge in [-0.25, -0.2) is 4.79 Å². The van der Waals surface area contributed by atoms with Crippen LogP contribution in [0, 0.1) is 6.92 Å². The topological polar surface area (TPSA) is 77.4 Å². The van der Waals surface area contributed by atoms with Crippen molar-refractivity contribution in [1.29, 1.82) is 0 Å². The molecule has 4 rings (SSSR count). The highest BCUT2D eigenvalue weighted by Gasteiger charge is 2.14. The minimum absolute atomic E-state index is 0.0412. The number of hydrogen-bond donors (Lipinski definition) is 1. The molecule has 0 saturated heterocycles. The van der Waals surface area contributed by atoms with Crippen molar-refractivity contribution in [2.45, 2.75) is 13.5 Å². The number of aryl methyl sites for hydroxylation is 1. The summed E-state index contributed by atoms with van der Waals surface area (Å²) >= 11 is 0. The van der Waals surface area contributed by atoms with Crippen LogP contribution in [0.15, 0.2) is 71.5 Å². The molecule has 0 bridgehead atoms. The van der Waals surface area contributed by atoms with Gasteiger partial charge in [0.25, 0.3) is 0 Å². The van der Waals surface area contributed by atoms with Gasteiger partial charge in [0.15, 0.2) is 5.43 Å². The van der Waals surface area contributed by atoms with Crippen LogP contribution in [0.25, 0.3) is 21.8 Å². The van der Waals surface area contributed by atoms with E-state index >= 15 is 0 Å². The Bertz CT molecular complexity index is 1290. The first-order valence-corrected chi connectivity index (χ1v) is 9.48. The van der Waals surface area contributed by atoms with Crippen LogP contribution in [0.5, 0.6) is 0 Å². The Labute approximate surface area is 172 Å². The van der Waals surface area contributed by atoms with Gasteiger partial charge in [-0.3, -0.25) is 9.59 Å². The van der Waals surface area contributed by atoms with Crippen molar-refractivity contribution in [1.82, 2.24) is 4.57 Å². The molecule has 4 aromatic rings. The van der Waals surface area contributed by atoms with E-state index in [9.17, 15) is 14.4 Å². The van der Waals surface area contributed by atoms with Crippen LogP contribution in [-0.4, -0.2) is 23.6 Å². The third kappa shape index (κ3) is 3.43. The van der Waals surface area contributed by atoms with Gasteiger partial charge < -0.3 is 14.6 Å². The van der Waals surface area contributed by atoms with E-state index < -0.39 is 5.97 Å². The van der Waals surface area contributed by atoms with E-state index in [1.165, 1.54) is 7.11 Å². The van der Waals surface area contributed by atoms with Crippen molar-refractivity contribution in [3.63, 3.8) is 0 Å². The lowest BCUT2D eigenvalue weighted by atomic mass is 10.1. The van der Waals surface area contributed by atoms with Crippen LogP contribution >= 0.6 is 0 Å². The smallest absolute Gasteiger partial charge is 0.337 e. The number of fused-ring (bicyclic) bond motifs is 2. The van der Waals surface area contributed by atoms with E-state index in [0.29, 0.717) is 33.1 Å². The molecule has 3 aromatic carbocycles. The van der Waals surface area contributed by atoms with Gasteiger partial charge in [0, 0.05) is 16.5 Å². The molecule has 1 heterocycles. The fraction of sp³-hybridized carbons (Fsp3) is 0.125. The van der Waals surface area contributed by atoms with Gasteiger partial charge in [0.2, 0.25) is 5.91 Å². The predicted molar refractivity (Wildman–Crippen MR) is 117 cm³/mol. The van der Waals surface area contributed by atoms with Gasteiger partial charge in [-0.15, -0.1) is 0 Å². The highest BCUT2D eigenvalue weighted by atomic mass is 16.5. The number of carbonyl (C=O) groups excluding carboxylic acids is 2. The summed E-state index contributed by atoms with van der Waals surface area (Å²) < 4.78 is 6.57. The second-order valence-electron chi connectivity index (χ2n) is 7.02. The first kappa shape index (κ1) is 19.4. The number of esters is 1. The Balaban J connectivity index is 1.71. The van der Waals surface area contributed by atoms with E-state index in [-0.39, 0.29) is 17.9 Å². The SMILES string of the molecule is COC(=O)c1ccc(NC(=O)Cn2c3ccccc3c(=O)c3ccccc32)c(C)c1. The Morgan fingerprint density at radius 1 is 0.933 bits per heavy atom. The number of ether oxygens (including phenoxy) is 1. The third-order valence-electron chi connectivity index (χ3n) is 5.10. The van der Waals surface area contributed by atoms with Crippen LogP contribution in [0.4, 0.5) is 5.69 Å². The number of pyridine rings is 1. The fourth-order valence-electron chi connectivity index (χ4n) is 3.63. The molecule has 0 radical (unpaired) electrons. The van der Waals surface area contributed by atoms with Crippen LogP contribution in [0.2, 0.25) is 0 Å². The van der Waals surface area contributed by atoms with Crippen molar-refractivity contribution in [3.8, 4) is 0 Å². The fourth-order valence-corrected chi connectivity index (χ4v) is 3.63. The molecule has 0 aliphatic carbocycles. The lowest BCUT2D eigenvalue weighted by Crippen LogP contribution is -2.22. The summed E-state index contributed by atoms with van der Waals surface area (Å²) in [6.45, 7) is 1.85. The number of amides is 1. The van der Waals surface area contributed by atoms with Gasteiger partial charge >= 0.3 is 5.97 Å². The molecular formula is C24H20N2O4. The maximum absolute atomic E-state index is 12.9. The Morgan fingerprint density at radius 2 is 1.53 bits per heavy atom. The number of hydrogen-bond acceptors (Lipinski definition) is 4. The van der Waals surface area contributed by atoms with E-state index in [4.69, 9.17) is 4.74 Å². The average molecular weight is 400 g/mol. The molecular weight excluding hydrogens is 380 g/mol. The van der Waals surface area contributed by atoms with Gasteiger partial charge in [-0.2, -0.15) is 0 Å². The molecule has 1 N–H and O–H groups in total. The minimum atomic E-state index is -0.429. The number of anilines is 1. The first-order chi connectivity index (χ1) is 14.5. The molecule has 0 unspecified atom stereocenters. The highest BCUT2D eigenvalue weighted by molar-refractivity contribution is 5.98. The van der Waals surface area contributed by atoms with Crippen molar-refractivity contribution in [3.05, 3.63) is 88.1 Å². The number of nitrogens with one attached hydrogen (secondary N) is 1. The summed E-state index contributed by atoms with van der Waals surface area (Å²) in [5.74, 6) is -0.662. The van der Waals surface area contributed by atoms with Crippen molar-refractivity contribution in [2.75, 3.05) is 12.4 Å². The normalized spacial score (nSPS) is 10.9. The van der Waals surface area contributed by atoms with E-state index in [1.807, 2.05) is 47.9 Å². The molecule has 0 spiro atoms. The molecule has 0 aliphatic rings. The zero-order valence-electron chi connectivity index (χ0n) is 16.6. The van der Waals surface area contributed by atoms with Gasteiger partial charge in [0.1, 0.15) is 6.54 Å². The zero-order chi connectivity index (χ0) is 21.3. The van der Waals surface area contributed by atoms with Crippen molar-refractivity contribution in [2.24, 2.45) is 0 Å². The summed E-state index contributed by atoms with van der Waals surface area (Å²) in [6.07, 6.45) is 0. The summed E-state index contributed by atoms with van der Waals surface area (Å²) in [6, 6.07) is 19.5. The van der Waals surface area contributed by atoms with Crippen LogP contribution < -0.4 is 10.7 Å². The number of carbonyl (C=O) groups is 2. The highest BCUT2D eigenvalue weighted by Crippen LogP contribution is 2.21. The van der Waals surface area contributed by atoms with Gasteiger partial charge in [-0.05, 0) is 55.0 Å². The number of para-hydroxylation sites is 2. The first-order valence-electron chi connectivity index (χ1n) is 9.48. The standard InChI is InChI=1S/C24H20N2O4/c1-15-13-16(24(29)30-2)11-12-19(15)25-22(27)14-26-20-9-5-3-7-17(20)23(28)18-8-4-6-10-21(18)26/h3-13H,14H2,1-2H3,(H,25,27). The lowest BCUT2D eigenvalue weighted by Gasteiger charge is -2.16. The summed E-state index contributed by atoms with van der Waals surface area (Å²) in [4.78, 5) is 37.4. The van der Waals surface area contributed by atoms with Crippen LogP contribution in [0.3, 0.4) is 0 Å². The Hall–Kier alpha value is -3.93. The maximum atomic E-state index is 12.9. The second-order valence-corrected chi connectivity index (χ2v) is 7.02. The summed E-state index contributed by atoms with van der Waals surface area (Å²) in [7, 11) is 1.33. The van der Waals surface area contributed by atoms with Crippen LogP contribution in [0.1, 0.15) is 15.9 Å². The summed E-state index contributed by atoms with van der Waals surface area (Å²) in [5, 5.41) is 4.04. The maximum Gasteiger partial charge on any atom is 0.337 e. The summed E-state index contributed by atoms with van der Waals surface area (Å²) in [5.41, 5.74) is 3.14. The Kier molecular flexibility index (Phi) is 5.06. The zero-order valence-corrected chi connectivity index (χ0v) is 16.6. The lowest BCUT2D eigenvalue weighted by molar-refractivity contribution is -0.116. The average Bonchev–Trinajstić information content (AvgIpc) is 2.77. The van der Waals surface area contributed by atoms with Crippen molar-refractivity contribution >= 4 is 39.4 Å². The number of aromatic nitrogens is 1. The third-order valence-corrected chi connectivity index (χ3v) is 5.10. The molecule has 0 fully saturated rings. The molecule has 150 valence electrons. The molecule has 0 aliphatic heterocycles. The number of nitrogens with zero attached hydrogens (tertiary/aromatic N) is 1. The van der Waals surface area contributed by atoms with E-state index in [1.54, 1.807) is 30.3 Å². The molecule has 0 atom stereocenters. The number of rotatable bonds is 4.